The van der Waals surface area contributed by atoms with E-state index in [4.69, 9.17) is 14.7 Å². The lowest BCUT2D eigenvalue weighted by molar-refractivity contribution is 0.0676. The maximum Gasteiger partial charge on any atom is 0.227 e. The third-order valence-electron chi connectivity index (χ3n) is 3.84. The van der Waals surface area contributed by atoms with Crippen LogP contribution in [0.25, 0.3) is 0 Å². The van der Waals surface area contributed by atoms with Crippen LogP contribution in [0.5, 0.6) is 0 Å². The zero-order valence-electron chi connectivity index (χ0n) is 12.5. The normalized spacial score (nSPS) is 22.1. The first-order chi connectivity index (χ1) is 10.3. The summed E-state index contributed by atoms with van der Waals surface area (Å²) in [5.41, 5.74) is 0.948. The molecule has 21 heavy (non-hydrogen) atoms. The third kappa shape index (κ3) is 3.61. The van der Waals surface area contributed by atoms with Crippen LogP contribution in [0.2, 0.25) is 0 Å². The number of likely N-dealkylation sites (tertiary alicyclic amines) is 1. The first-order valence-electron chi connectivity index (χ1n) is 7.58. The lowest BCUT2D eigenvalue weighted by Gasteiger charge is -2.28. The van der Waals surface area contributed by atoms with Gasteiger partial charge in [-0.1, -0.05) is 18.2 Å². The summed E-state index contributed by atoms with van der Waals surface area (Å²) in [6.45, 7) is 4.28. The first-order valence-corrected chi connectivity index (χ1v) is 7.58. The van der Waals surface area contributed by atoms with Crippen molar-refractivity contribution in [1.29, 1.82) is 0 Å². The van der Waals surface area contributed by atoms with Crippen molar-refractivity contribution in [2.24, 2.45) is 9.98 Å². The Kier molecular flexibility index (Phi) is 4.50. The van der Waals surface area contributed by atoms with Crippen molar-refractivity contribution >= 4 is 17.5 Å². The molecule has 0 aliphatic carbocycles. The van der Waals surface area contributed by atoms with E-state index in [1.54, 1.807) is 0 Å². The minimum absolute atomic E-state index is 0.745. The van der Waals surface area contributed by atoms with Gasteiger partial charge in [0.1, 0.15) is 5.84 Å². The summed E-state index contributed by atoms with van der Waals surface area (Å²) >= 11 is 0. The van der Waals surface area contributed by atoms with Crippen LogP contribution in [0.3, 0.4) is 0 Å². The minimum atomic E-state index is 0.745. The number of morpholine rings is 1. The topological polar surface area (TPSA) is 40.4 Å². The van der Waals surface area contributed by atoms with Crippen LogP contribution in [0.1, 0.15) is 12.8 Å². The molecule has 0 radical (unpaired) electrons. The van der Waals surface area contributed by atoms with E-state index in [-0.39, 0.29) is 0 Å². The van der Waals surface area contributed by atoms with Gasteiger partial charge in [0.2, 0.25) is 5.96 Å². The molecule has 2 aliphatic heterocycles. The van der Waals surface area contributed by atoms with Crippen molar-refractivity contribution in [3.05, 3.63) is 30.3 Å². The van der Waals surface area contributed by atoms with E-state index in [9.17, 15) is 0 Å². The van der Waals surface area contributed by atoms with Crippen LogP contribution in [0, 0.1) is 0 Å². The number of aliphatic imine (C=N–C) groups is 2. The zero-order valence-corrected chi connectivity index (χ0v) is 12.5. The Balaban J connectivity index is 1.88. The molecule has 0 aromatic heterocycles. The van der Waals surface area contributed by atoms with Crippen LogP contribution in [0.15, 0.2) is 40.3 Å². The van der Waals surface area contributed by atoms with Gasteiger partial charge in [-0.2, -0.15) is 4.99 Å². The number of hydrogen-bond donors (Lipinski definition) is 0. The lowest BCUT2D eigenvalue weighted by Crippen LogP contribution is -2.40. The third-order valence-corrected chi connectivity index (χ3v) is 3.84. The van der Waals surface area contributed by atoms with Gasteiger partial charge in [-0.3, -0.25) is 0 Å². The summed E-state index contributed by atoms with van der Waals surface area (Å²) in [5.74, 6) is 1.95. The molecule has 0 atom stereocenters. The standard InChI is InChI=1S/C16H22N4O/c1-19-9-5-8-15(19)18-16(20-10-12-21-13-11-20)17-14-6-3-2-4-7-14/h2-4,6-7H,5,8-13H2,1H3/b17-16?,18-15+. The molecule has 0 unspecified atom stereocenters. The van der Waals surface area contributed by atoms with Crippen LogP contribution >= 0.6 is 0 Å². The van der Waals surface area contributed by atoms with Gasteiger partial charge in [0.15, 0.2) is 0 Å². The van der Waals surface area contributed by atoms with Gasteiger partial charge in [0.05, 0.1) is 18.9 Å². The largest absolute Gasteiger partial charge is 0.378 e. The summed E-state index contributed by atoms with van der Waals surface area (Å²) < 4.78 is 5.44. The summed E-state index contributed by atoms with van der Waals surface area (Å²) in [6, 6.07) is 10.0. The molecule has 3 rings (SSSR count). The van der Waals surface area contributed by atoms with Crippen molar-refractivity contribution in [1.82, 2.24) is 9.80 Å². The quantitative estimate of drug-likeness (QED) is 0.586. The zero-order chi connectivity index (χ0) is 14.5. The van der Waals surface area contributed by atoms with E-state index >= 15 is 0 Å². The molecule has 2 fully saturated rings. The van der Waals surface area contributed by atoms with E-state index in [0.29, 0.717) is 0 Å². The molecule has 5 heteroatoms. The predicted molar refractivity (Wildman–Crippen MR) is 85.2 cm³/mol. The van der Waals surface area contributed by atoms with Gasteiger partial charge in [-0.25, -0.2) is 4.99 Å². The van der Waals surface area contributed by atoms with Crippen LogP contribution in [-0.2, 0) is 4.74 Å². The van der Waals surface area contributed by atoms with Crippen molar-refractivity contribution in [2.75, 3.05) is 39.9 Å². The van der Waals surface area contributed by atoms with Crippen molar-refractivity contribution < 1.29 is 4.74 Å². The molecule has 0 N–H and O–H groups in total. The smallest absolute Gasteiger partial charge is 0.227 e. The van der Waals surface area contributed by atoms with E-state index in [1.807, 2.05) is 30.3 Å². The van der Waals surface area contributed by atoms with E-state index in [0.717, 1.165) is 56.8 Å². The number of guanidine groups is 1. The fourth-order valence-electron chi connectivity index (χ4n) is 2.60. The molecule has 1 aromatic carbocycles. The lowest BCUT2D eigenvalue weighted by atomic mass is 10.3. The predicted octanol–water partition coefficient (Wildman–Crippen LogP) is 2.13. The van der Waals surface area contributed by atoms with Gasteiger partial charge >= 0.3 is 0 Å². The molecular formula is C16H22N4O. The number of rotatable bonds is 1. The molecule has 112 valence electrons. The molecule has 5 nitrogen and oxygen atoms in total. The second-order valence-electron chi connectivity index (χ2n) is 5.40. The number of ether oxygens (including phenoxy) is 1. The van der Waals surface area contributed by atoms with E-state index < -0.39 is 0 Å². The number of hydrogen-bond acceptors (Lipinski definition) is 2. The highest BCUT2D eigenvalue weighted by atomic mass is 16.5. The highest BCUT2D eigenvalue weighted by molar-refractivity contribution is 5.97. The Bertz CT molecular complexity index is 520. The molecule has 2 aliphatic rings. The number of para-hydroxylation sites is 1. The Labute approximate surface area is 125 Å². The second kappa shape index (κ2) is 6.72. The van der Waals surface area contributed by atoms with Gasteiger partial charge in [0.25, 0.3) is 0 Å². The molecule has 2 saturated heterocycles. The van der Waals surface area contributed by atoms with Crippen LogP contribution in [-0.4, -0.2) is 61.5 Å². The molecular weight excluding hydrogens is 264 g/mol. The highest BCUT2D eigenvalue weighted by Crippen LogP contribution is 2.15. The number of amidine groups is 1. The minimum Gasteiger partial charge on any atom is -0.378 e. The molecule has 0 spiro atoms. The SMILES string of the molecule is CN1CCC/C1=N\C(=Nc1ccccc1)N1CCOCC1. The van der Waals surface area contributed by atoms with Crippen LogP contribution < -0.4 is 0 Å². The highest BCUT2D eigenvalue weighted by Gasteiger charge is 2.19. The van der Waals surface area contributed by atoms with E-state index in [1.165, 1.54) is 6.42 Å². The fourth-order valence-corrected chi connectivity index (χ4v) is 2.60. The van der Waals surface area contributed by atoms with E-state index in [2.05, 4.69) is 16.8 Å². The van der Waals surface area contributed by atoms with Gasteiger partial charge in [-0.15, -0.1) is 0 Å². The maximum absolute atomic E-state index is 5.44. The number of nitrogens with zero attached hydrogens (tertiary/aromatic N) is 4. The Morgan fingerprint density at radius 3 is 2.52 bits per heavy atom. The van der Waals surface area contributed by atoms with Gasteiger partial charge < -0.3 is 14.5 Å². The monoisotopic (exact) mass is 286 g/mol. The number of benzene rings is 1. The average Bonchev–Trinajstić information content (AvgIpc) is 2.94. The van der Waals surface area contributed by atoms with Crippen molar-refractivity contribution in [3.63, 3.8) is 0 Å². The molecule has 1 aromatic rings. The molecule has 0 bridgehead atoms. The molecule has 0 amide bonds. The van der Waals surface area contributed by atoms with Crippen molar-refractivity contribution in [2.45, 2.75) is 12.8 Å². The molecule has 2 heterocycles. The Morgan fingerprint density at radius 2 is 1.86 bits per heavy atom. The first kappa shape index (κ1) is 14.1. The fraction of sp³-hybridized carbons (Fsp3) is 0.500. The summed E-state index contributed by atoms with van der Waals surface area (Å²) in [5, 5.41) is 0. The molecule has 0 saturated carbocycles. The second-order valence-corrected chi connectivity index (χ2v) is 5.40. The summed E-state index contributed by atoms with van der Waals surface area (Å²) in [4.78, 5) is 14.0. The van der Waals surface area contributed by atoms with Gasteiger partial charge in [0, 0.05) is 33.1 Å². The van der Waals surface area contributed by atoms with Gasteiger partial charge in [-0.05, 0) is 18.6 Å². The van der Waals surface area contributed by atoms with Crippen LogP contribution in [0.4, 0.5) is 5.69 Å². The summed E-state index contributed by atoms with van der Waals surface area (Å²) in [6.07, 6.45) is 2.21. The Hall–Kier alpha value is -1.88. The maximum atomic E-state index is 5.44. The summed E-state index contributed by atoms with van der Waals surface area (Å²) in [7, 11) is 2.10. The Morgan fingerprint density at radius 1 is 1.10 bits per heavy atom. The average molecular weight is 286 g/mol. The van der Waals surface area contributed by atoms with Crippen molar-refractivity contribution in [3.8, 4) is 0 Å².